The van der Waals surface area contributed by atoms with Gasteiger partial charge in [-0.05, 0) is 70.3 Å². The van der Waals surface area contributed by atoms with Gasteiger partial charge in [0, 0.05) is 18.0 Å². The molecule has 0 unspecified atom stereocenters. The number of ether oxygens (including phenoxy) is 1. The lowest BCUT2D eigenvalue weighted by Crippen LogP contribution is -2.45. The van der Waals surface area contributed by atoms with Gasteiger partial charge in [-0.3, -0.25) is 4.79 Å². The van der Waals surface area contributed by atoms with Crippen molar-refractivity contribution in [3.05, 3.63) is 94.5 Å². The Hall–Kier alpha value is -3.09. The lowest BCUT2D eigenvalue weighted by molar-refractivity contribution is -0.127. The Morgan fingerprint density at radius 2 is 1.51 bits per heavy atom. The van der Waals surface area contributed by atoms with Crippen LogP contribution in [0.15, 0.2) is 71.6 Å². The highest BCUT2D eigenvalue weighted by molar-refractivity contribution is 7.99. The summed E-state index contributed by atoms with van der Waals surface area (Å²) < 4.78 is 6.04. The summed E-state index contributed by atoms with van der Waals surface area (Å²) in [4.78, 5) is 32.1. The van der Waals surface area contributed by atoms with Crippen LogP contribution in [0.4, 0.5) is 5.69 Å². The molecule has 1 amide bonds. The number of rotatable bonds is 6. The Bertz CT molecular complexity index is 1210. The Labute approximate surface area is 212 Å². The summed E-state index contributed by atoms with van der Waals surface area (Å²) in [5.74, 6) is -0.691. The smallest absolute Gasteiger partial charge is 0.338 e. The first-order chi connectivity index (χ1) is 16.7. The van der Waals surface area contributed by atoms with E-state index in [0.29, 0.717) is 18.7 Å². The van der Waals surface area contributed by atoms with Gasteiger partial charge in [-0.2, -0.15) is 0 Å². The topological polar surface area (TPSA) is 49.9 Å². The van der Waals surface area contributed by atoms with Crippen LogP contribution in [0.5, 0.6) is 0 Å². The third-order valence-electron chi connectivity index (χ3n) is 6.14. The van der Waals surface area contributed by atoms with E-state index in [2.05, 4.69) is 6.07 Å². The zero-order valence-corrected chi connectivity index (χ0v) is 21.8. The van der Waals surface area contributed by atoms with Crippen LogP contribution in [0.1, 0.15) is 37.9 Å². The van der Waals surface area contributed by atoms with Gasteiger partial charge < -0.3 is 14.5 Å². The van der Waals surface area contributed by atoms with Crippen molar-refractivity contribution in [1.29, 1.82) is 0 Å². The minimum Gasteiger partial charge on any atom is -0.447 e. The van der Waals surface area contributed by atoms with Gasteiger partial charge in [0.1, 0.15) is 0 Å². The number of aryl methyl sites for hydroxylation is 3. The van der Waals surface area contributed by atoms with Crippen molar-refractivity contribution in [1.82, 2.24) is 4.90 Å². The van der Waals surface area contributed by atoms with Gasteiger partial charge in [0.2, 0.25) is 0 Å². The molecule has 0 aromatic heterocycles. The molecule has 4 rings (SSSR count). The van der Waals surface area contributed by atoms with Crippen molar-refractivity contribution in [2.24, 2.45) is 0 Å². The van der Waals surface area contributed by atoms with E-state index in [4.69, 9.17) is 4.74 Å². The number of esters is 1. The molecule has 0 spiro atoms. The number of anilines is 1. The highest BCUT2D eigenvalue weighted by Gasteiger charge is 2.41. The van der Waals surface area contributed by atoms with Crippen LogP contribution in [-0.4, -0.2) is 50.1 Å². The average Bonchev–Trinajstić information content (AvgIpc) is 2.93. The molecule has 0 aliphatic carbocycles. The predicted octanol–water partition coefficient (Wildman–Crippen LogP) is 5.58. The van der Waals surface area contributed by atoms with E-state index in [0.717, 1.165) is 32.8 Å². The lowest BCUT2D eigenvalue weighted by atomic mass is 10.0. The summed E-state index contributed by atoms with van der Waals surface area (Å²) in [5.41, 5.74) is 5.56. The van der Waals surface area contributed by atoms with Crippen LogP contribution in [0, 0.1) is 20.8 Å². The molecule has 35 heavy (non-hydrogen) atoms. The van der Waals surface area contributed by atoms with Crippen molar-refractivity contribution < 1.29 is 14.3 Å². The van der Waals surface area contributed by atoms with Crippen LogP contribution in [0.3, 0.4) is 0 Å². The highest BCUT2D eigenvalue weighted by Crippen LogP contribution is 2.47. The Balaban J connectivity index is 1.78. The maximum atomic E-state index is 14.1. The van der Waals surface area contributed by atoms with Gasteiger partial charge in [0.05, 0.1) is 16.5 Å². The number of likely N-dealkylation sites (N-methyl/N-ethyl adjacent to an activating group) is 1. The van der Waals surface area contributed by atoms with Gasteiger partial charge in [-0.15, -0.1) is 11.8 Å². The summed E-state index contributed by atoms with van der Waals surface area (Å²) in [5, 5.41) is -0.373. The quantitative estimate of drug-likeness (QED) is 0.424. The fraction of sp³-hybridized carbons (Fsp3) is 0.310. The van der Waals surface area contributed by atoms with E-state index < -0.39 is 12.1 Å². The fourth-order valence-corrected chi connectivity index (χ4v) is 5.47. The Morgan fingerprint density at radius 1 is 0.914 bits per heavy atom. The molecule has 6 heteroatoms. The van der Waals surface area contributed by atoms with Crippen molar-refractivity contribution in [2.45, 2.75) is 37.0 Å². The first kappa shape index (κ1) is 25.0. The molecule has 0 saturated carbocycles. The summed E-state index contributed by atoms with van der Waals surface area (Å²) in [6, 6.07) is 21.5. The van der Waals surface area contributed by atoms with Crippen molar-refractivity contribution in [2.75, 3.05) is 32.1 Å². The molecule has 1 aliphatic heterocycles. The number of nitrogens with zero attached hydrogens (tertiary/aromatic N) is 2. The number of hydrogen-bond donors (Lipinski definition) is 0. The minimum absolute atomic E-state index is 0.201. The van der Waals surface area contributed by atoms with Gasteiger partial charge in [0.15, 0.2) is 6.10 Å². The first-order valence-corrected chi connectivity index (χ1v) is 12.7. The number of thioether (sulfide) groups is 1. The molecule has 3 aromatic carbocycles. The van der Waals surface area contributed by atoms with Gasteiger partial charge in [-0.1, -0.05) is 53.6 Å². The van der Waals surface area contributed by atoms with Crippen molar-refractivity contribution in [3.63, 3.8) is 0 Å². The number of fused-ring (bicyclic) bond motifs is 1. The van der Waals surface area contributed by atoms with Crippen LogP contribution < -0.4 is 4.90 Å². The van der Waals surface area contributed by atoms with E-state index in [1.54, 1.807) is 28.8 Å². The van der Waals surface area contributed by atoms with Crippen LogP contribution in [0.2, 0.25) is 0 Å². The normalized spacial score (nSPS) is 17.8. The second-order valence-electron chi connectivity index (χ2n) is 9.41. The van der Waals surface area contributed by atoms with E-state index in [1.807, 2.05) is 88.3 Å². The Morgan fingerprint density at radius 3 is 2.14 bits per heavy atom. The van der Waals surface area contributed by atoms with Crippen molar-refractivity contribution in [3.8, 4) is 0 Å². The predicted molar refractivity (Wildman–Crippen MR) is 142 cm³/mol. The minimum atomic E-state index is -0.966. The van der Waals surface area contributed by atoms with Crippen molar-refractivity contribution >= 4 is 29.3 Å². The number of carbonyl (C=O) groups is 2. The largest absolute Gasteiger partial charge is 0.447 e. The summed E-state index contributed by atoms with van der Waals surface area (Å²) in [7, 11) is 3.97. The molecular weight excluding hydrogens is 456 g/mol. The number of hydrogen-bond acceptors (Lipinski definition) is 5. The Kier molecular flexibility index (Phi) is 7.63. The van der Waals surface area contributed by atoms with Gasteiger partial charge >= 0.3 is 5.97 Å². The number of benzene rings is 3. The molecule has 0 fully saturated rings. The summed E-state index contributed by atoms with van der Waals surface area (Å²) in [6.07, 6.45) is -0.966. The van der Waals surface area contributed by atoms with E-state index >= 15 is 0 Å². The lowest BCUT2D eigenvalue weighted by Gasteiger charge is -2.28. The monoisotopic (exact) mass is 488 g/mol. The van der Waals surface area contributed by atoms with Crippen LogP contribution in [-0.2, 0) is 9.53 Å². The zero-order chi connectivity index (χ0) is 25.1. The summed E-state index contributed by atoms with van der Waals surface area (Å²) in [6.45, 7) is 7.24. The zero-order valence-electron chi connectivity index (χ0n) is 20.9. The molecule has 1 heterocycles. The molecule has 2 atom stereocenters. The molecule has 0 N–H and O–H groups in total. The van der Waals surface area contributed by atoms with Gasteiger partial charge in [0.25, 0.3) is 5.91 Å². The van der Waals surface area contributed by atoms with E-state index in [-0.39, 0.29) is 11.2 Å². The molecule has 1 aliphatic rings. The van der Waals surface area contributed by atoms with Crippen LogP contribution in [0.25, 0.3) is 0 Å². The highest BCUT2D eigenvalue weighted by atomic mass is 32.2. The third-order valence-corrected chi connectivity index (χ3v) is 7.50. The fourth-order valence-electron chi connectivity index (χ4n) is 4.05. The molecule has 0 radical (unpaired) electrons. The van der Waals surface area contributed by atoms with E-state index in [9.17, 15) is 9.59 Å². The maximum absolute atomic E-state index is 14.1. The van der Waals surface area contributed by atoms with E-state index in [1.165, 1.54) is 0 Å². The molecule has 3 aromatic rings. The number of amides is 1. The molecule has 5 nitrogen and oxygen atoms in total. The standard InChI is InChI=1S/C29H32N2O3S/c1-19-6-11-22(12-7-19)27-26(34-29(33)23-13-8-20(2)9-14-23)28(32)31(17-16-30(4)5)24-15-10-21(3)18-25(24)35-27/h6-15,18,26-27H,16-17H2,1-5H3/t26-,27+/m0/s1. The maximum Gasteiger partial charge on any atom is 0.338 e. The molecule has 0 saturated heterocycles. The molecule has 0 bridgehead atoms. The second-order valence-corrected chi connectivity index (χ2v) is 10.6. The SMILES string of the molecule is Cc1ccc(C(=O)O[C@@H]2C(=O)N(CCN(C)C)c3ccc(C)cc3S[C@@H]2c2ccc(C)cc2)cc1. The summed E-state index contributed by atoms with van der Waals surface area (Å²) >= 11 is 1.59. The van der Waals surface area contributed by atoms with Gasteiger partial charge in [-0.25, -0.2) is 4.79 Å². The average molecular weight is 489 g/mol. The number of carbonyl (C=O) groups excluding carboxylic acids is 2. The third kappa shape index (κ3) is 5.77. The van der Waals surface area contributed by atoms with Crippen LogP contribution >= 0.6 is 11.8 Å². The molecule has 182 valence electrons. The first-order valence-electron chi connectivity index (χ1n) is 11.8. The second kappa shape index (κ2) is 10.7. The molecular formula is C29H32N2O3S.